The summed E-state index contributed by atoms with van der Waals surface area (Å²) in [5, 5.41) is 4.56. The first-order valence-corrected chi connectivity index (χ1v) is 7.55. The van der Waals surface area contributed by atoms with Gasteiger partial charge in [0, 0.05) is 25.0 Å². The number of sulfonamides is 1. The van der Waals surface area contributed by atoms with E-state index in [1.54, 1.807) is 19.1 Å². The molecule has 0 amide bonds. The highest BCUT2D eigenvalue weighted by Crippen LogP contribution is 2.21. The molecule has 1 aromatic heterocycles. The number of para-hydroxylation sites is 1. The van der Waals surface area contributed by atoms with E-state index in [9.17, 15) is 8.42 Å². The molecule has 2 aromatic rings. The van der Waals surface area contributed by atoms with E-state index in [1.165, 1.54) is 11.4 Å². The molecule has 0 fully saturated rings. The first kappa shape index (κ1) is 16.9. The van der Waals surface area contributed by atoms with Crippen molar-refractivity contribution in [2.45, 2.75) is 18.7 Å². The van der Waals surface area contributed by atoms with E-state index in [-0.39, 0.29) is 30.7 Å². The van der Waals surface area contributed by atoms with Crippen molar-refractivity contribution in [2.24, 2.45) is 5.73 Å². The Hall–Kier alpha value is -1.15. The maximum atomic E-state index is 12.2. The van der Waals surface area contributed by atoms with Gasteiger partial charge in [0.05, 0.1) is 0 Å². The van der Waals surface area contributed by atoms with Gasteiger partial charge in [-0.05, 0) is 19.1 Å². The Kier molecular flexibility index (Phi) is 5.52. The number of fused-ring (bicyclic) bond motifs is 1. The zero-order valence-electron chi connectivity index (χ0n) is 11.3. The summed E-state index contributed by atoms with van der Waals surface area (Å²) in [4.78, 5) is 0. The Labute approximate surface area is 124 Å². The molecule has 0 aliphatic rings. The van der Waals surface area contributed by atoms with Crippen LogP contribution in [-0.4, -0.2) is 37.5 Å². The molecule has 0 spiro atoms. The number of rotatable bonds is 5. The van der Waals surface area contributed by atoms with Crippen molar-refractivity contribution in [3.05, 3.63) is 30.0 Å². The summed E-state index contributed by atoms with van der Waals surface area (Å²) < 4.78 is 30.8. The fourth-order valence-corrected chi connectivity index (χ4v) is 3.13. The third kappa shape index (κ3) is 3.29. The average molecular weight is 320 g/mol. The van der Waals surface area contributed by atoms with Crippen LogP contribution in [0.3, 0.4) is 0 Å². The molecule has 20 heavy (non-hydrogen) atoms. The highest BCUT2D eigenvalue weighted by Gasteiger charge is 2.25. The molecule has 0 saturated carbocycles. The molecule has 0 bridgehead atoms. The molecule has 1 aromatic carbocycles. The van der Waals surface area contributed by atoms with E-state index in [0.29, 0.717) is 11.3 Å². The van der Waals surface area contributed by atoms with Crippen molar-refractivity contribution in [1.82, 2.24) is 9.46 Å². The maximum Gasteiger partial charge on any atom is 0.220 e. The number of benzene rings is 1. The Morgan fingerprint density at radius 3 is 2.70 bits per heavy atom. The van der Waals surface area contributed by atoms with Crippen molar-refractivity contribution in [3.63, 3.8) is 0 Å². The van der Waals surface area contributed by atoms with Gasteiger partial charge in [-0.2, -0.15) is 0 Å². The summed E-state index contributed by atoms with van der Waals surface area (Å²) in [6, 6.07) is 6.94. The minimum Gasteiger partial charge on any atom is -0.356 e. The molecule has 0 radical (unpaired) electrons. The van der Waals surface area contributed by atoms with E-state index in [2.05, 4.69) is 5.16 Å². The van der Waals surface area contributed by atoms with Crippen LogP contribution in [0.25, 0.3) is 11.0 Å². The van der Waals surface area contributed by atoms with Crippen LogP contribution in [0.15, 0.2) is 28.8 Å². The SMILES string of the molecule is CC(CN)N(C)S(=O)(=O)Cc1noc2ccccc12.Cl. The van der Waals surface area contributed by atoms with Crippen molar-refractivity contribution < 1.29 is 12.9 Å². The fraction of sp³-hybridized carbons (Fsp3) is 0.417. The second-order valence-corrected chi connectivity index (χ2v) is 6.51. The van der Waals surface area contributed by atoms with Gasteiger partial charge in [-0.1, -0.05) is 17.3 Å². The van der Waals surface area contributed by atoms with Gasteiger partial charge in [0.15, 0.2) is 5.58 Å². The molecule has 2 N–H and O–H groups in total. The Balaban J connectivity index is 0.00000200. The number of nitrogens with zero attached hydrogens (tertiary/aromatic N) is 2. The van der Waals surface area contributed by atoms with E-state index >= 15 is 0 Å². The summed E-state index contributed by atoms with van der Waals surface area (Å²) in [6.45, 7) is 2.04. The highest BCUT2D eigenvalue weighted by molar-refractivity contribution is 7.88. The normalized spacial score (nSPS) is 13.4. The van der Waals surface area contributed by atoms with Crippen molar-refractivity contribution in [1.29, 1.82) is 0 Å². The molecule has 2 rings (SSSR count). The van der Waals surface area contributed by atoms with Crippen LogP contribution >= 0.6 is 12.4 Å². The smallest absolute Gasteiger partial charge is 0.220 e. The highest BCUT2D eigenvalue weighted by atomic mass is 35.5. The van der Waals surface area contributed by atoms with Gasteiger partial charge < -0.3 is 10.3 Å². The van der Waals surface area contributed by atoms with Crippen molar-refractivity contribution in [2.75, 3.05) is 13.6 Å². The topological polar surface area (TPSA) is 89.4 Å². The van der Waals surface area contributed by atoms with Crippen LogP contribution in [0.2, 0.25) is 0 Å². The third-order valence-electron chi connectivity index (χ3n) is 3.17. The first-order valence-electron chi connectivity index (χ1n) is 5.95. The molecule has 8 heteroatoms. The number of nitrogens with two attached hydrogens (primary N) is 1. The lowest BCUT2D eigenvalue weighted by molar-refractivity contribution is 0.392. The van der Waals surface area contributed by atoms with Crippen LogP contribution in [0, 0.1) is 0 Å². The number of aromatic nitrogens is 1. The van der Waals surface area contributed by atoms with Gasteiger partial charge in [0.1, 0.15) is 11.4 Å². The lowest BCUT2D eigenvalue weighted by atomic mass is 10.2. The zero-order valence-corrected chi connectivity index (χ0v) is 12.9. The number of halogens is 1. The molecule has 0 saturated heterocycles. The summed E-state index contributed by atoms with van der Waals surface area (Å²) in [5.41, 5.74) is 6.50. The average Bonchev–Trinajstić information content (AvgIpc) is 2.80. The predicted molar refractivity (Wildman–Crippen MR) is 80.2 cm³/mol. The standard InChI is InChI=1S/C12H17N3O3S.ClH/c1-9(7-13)15(2)19(16,17)8-11-10-5-3-4-6-12(10)18-14-11;/h3-6,9H,7-8,13H2,1-2H3;1H. The zero-order chi connectivity index (χ0) is 14.0. The molecular weight excluding hydrogens is 302 g/mol. The Bertz CT molecular complexity index is 671. The molecule has 1 unspecified atom stereocenters. The third-order valence-corrected chi connectivity index (χ3v) is 5.05. The van der Waals surface area contributed by atoms with Gasteiger partial charge in [0.25, 0.3) is 0 Å². The van der Waals surface area contributed by atoms with Gasteiger partial charge in [-0.3, -0.25) is 0 Å². The summed E-state index contributed by atoms with van der Waals surface area (Å²) in [7, 11) is -1.93. The monoisotopic (exact) mass is 319 g/mol. The van der Waals surface area contributed by atoms with E-state index < -0.39 is 10.0 Å². The van der Waals surface area contributed by atoms with Gasteiger partial charge in [0.2, 0.25) is 10.0 Å². The predicted octanol–water partition coefficient (Wildman–Crippen LogP) is 1.36. The fourth-order valence-electron chi connectivity index (χ4n) is 1.74. The van der Waals surface area contributed by atoms with Crippen LogP contribution in [0.1, 0.15) is 12.6 Å². The minimum atomic E-state index is -3.46. The molecule has 0 aliphatic carbocycles. The van der Waals surface area contributed by atoms with Crippen molar-refractivity contribution in [3.8, 4) is 0 Å². The lowest BCUT2D eigenvalue weighted by Gasteiger charge is -2.22. The lowest BCUT2D eigenvalue weighted by Crippen LogP contribution is -2.40. The van der Waals surface area contributed by atoms with Crippen LogP contribution in [0.4, 0.5) is 0 Å². The van der Waals surface area contributed by atoms with Gasteiger partial charge in [-0.15, -0.1) is 12.4 Å². The summed E-state index contributed by atoms with van der Waals surface area (Å²) >= 11 is 0. The number of hydrogen-bond acceptors (Lipinski definition) is 5. The molecule has 6 nitrogen and oxygen atoms in total. The maximum absolute atomic E-state index is 12.2. The molecule has 112 valence electrons. The van der Waals surface area contributed by atoms with Crippen LogP contribution in [-0.2, 0) is 15.8 Å². The Morgan fingerprint density at radius 1 is 1.40 bits per heavy atom. The number of hydrogen-bond donors (Lipinski definition) is 1. The minimum absolute atomic E-state index is 0. The van der Waals surface area contributed by atoms with Crippen LogP contribution in [0.5, 0.6) is 0 Å². The van der Waals surface area contributed by atoms with Crippen molar-refractivity contribution >= 4 is 33.4 Å². The first-order chi connectivity index (χ1) is 8.95. The molecule has 1 atom stereocenters. The largest absolute Gasteiger partial charge is 0.356 e. The quantitative estimate of drug-likeness (QED) is 0.898. The van der Waals surface area contributed by atoms with E-state index in [0.717, 1.165) is 5.39 Å². The van der Waals surface area contributed by atoms with E-state index in [4.69, 9.17) is 10.3 Å². The van der Waals surface area contributed by atoms with Gasteiger partial charge >= 0.3 is 0 Å². The summed E-state index contributed by atoms with van der Waals surface area (Å²) in [6.07, 6.45) is 0. The van der Waals surface area contributed by atoms with Gasteiger partial charge in [-0.25, -0.2) is 12.7 Å². The number of likely N-dealkylation sites (N-methyl/N-ethyl adjacent to an activating group) is 1. The second kappa shape index (κ2) is 6.53. The van der Waals surface area contributed by atoms with E-state index in [1.807, 2.05) is 12.1 Å². The molecular formula is C12H18ClN3O3S. The molecule has 1 heterocycles. The second-order valence-electron chi connectivity index (χ2n) is 4.48. The molecule has 0 aliphatic heterocycles. The summed E-state index contributed by atoms with van der Waals surface area (Å²) in [5.74, 6) is -0.190. The van der Waals surface area contributed by atoms with Crippen LogP contribution < -0.4 is 5.73 Å². The Morgan fingerprint density at radius 2 is 2.05 bits per heavy atom.